The molecule has 1 atom stereocenters. The zero-order chi connectivity index (χ0) is 9.97. The second-order valence-electron chi connectivity index (χ2n) is 4.51. The van der Waals surface area contributed by atoms with Gasteiger partial charge in [0, 0.05) is 12.7 Å². The van der Waals surface area contributed by atoms with Crippen molar-refractivity contribution in [1.29, 1.82) is 0 Å². The third kappa shape index (κ3) is 2.15. The van der Waals surface area contributed by atoms with Crippen LogP contribution in [-0.2, 0) is 6.54 Å². The minimum Gasteiger partial charge on any atom is -0.309 e. The van der Waals surface area contributed by atoms with Crippen LogP contribution < -0.4 is 5.32 Å². The van der Waals surface area contributed by atoms with Gasteiger partial charge in [0.1, 0.15) is 0 Å². The molecule has 78 valence electrons. The highest BCUT2D eigenvalue weighted by atomic mass is 15.3. The lowest BCUT2D eigenvalue weighted by Gasteiger charge is -2.07. The van der Waals surface area contributed by atoms with E-state index in [4.69, 9.17) is 0 Å². The lowest BCUT2D eigenvalue weighted by molar-refractivity contribution is 0.473. The summed E-state index contributed by atoms with van der Waals surface area (Å²) in [6.45, 7) is 6.60. The molecule has 1 aromatic rings. The Hall–Kier alpha value is -0.830. The highest BCUT2D eigenvalue weighted by molar-refractivity contribution is 5.07. The van der Waals surface area contributed by atoms with Crippen LogP contribution in [0.4, 0.5) is 0 Å². The number of hydrogen-bond donors (Lipinski definition) is 1. The third-order valence-corrected chi connectivity index (χ3v) is 2.63. The molecule has 0 saturated carbocycles. The van der Waals surface area contributed by atoms with Crippen LogP contribution in [0.1, 0.15) is 38.4 Å². The predicted molar refractivity (Wildman–Crippen MR) is 57.0 cm³/mol. The molecule has 1 fully saturated rings. The van der Waals surface area contributed by atoms with E-state index in [1.54, 1.807) is 0 Å². The van der Waals surface area contributed by atoms with E-state index in [1.165, 1.54) is 18.5 Å². The molecule has 0 bridgehead atoms. The topological polar surface area (TPSA) is 29.9 Å². The lowest BCUT2D eigenvalue weighted by Crippen LogP contribution is -2.14. The van der Waals surface area contributed by atoms with Crippen molar-refractivity contribution in [2.45, 2.75) is 39.3 Å². The molecule has 0 aliphatic carbocycles. The van der Waals surface area contributed by atoms with Gasteiger partial charge < -0.3 is 5.32 Å². The van der Waals surface area contributed by atoms with E-state index >= 15 is 0 Å². The van der Waals surface area contributed by atoms with Crippen LogP contribution in [-0.4, -0.2) is 16.3 Å². The van der Waals surface area contributed by atoms with Crippen molar-refractivity contribution in [2.75, 3.05) is 6.54 Å². The summed E-state index contributed by atoms with van der Waals surface area (Å²) in [6.07, 6.45) is 4.61. The number of aromatic nitrogens is 2. The summed E-state index contributed by atoms with van der Waals surface area (Å²) in [5.41, 5.74) is 1.21. The Kier molecular flexibility index (Phi) is 2.87. The van der Waals surface area contributed by atoms with Crippen molar-refractivity contribution in [2.24, 2.45) is 5.92 Å². The Balaban J connectivity index is 2.01. The average molecular weight is 193 g/mol. The maximum atomic E-state index is 4.59. The van der Waals surface area contributed by atoms with Gasteiger partial charge in [0.2, 0.25) is 0 Å². The molecular formula is C11H19N3. The van der Waals surface area contributed by atoms with Crippen LogP contribution in [0.15, 0.2) is 12.3 Å². The van der Waals surface area contributed by atoms with E-state index in [-0.39, 0.29) is 0 Å². The van der Waals surface area contributed by atoms with Gasteiger partial charge in [0.15, 0.2) is 0 Å². The van der Waals surface area contributed by atoms with E-state index in [0.717, 1.165) is 13.1 Å². The second kappa shape index (κ2) is 4.13. The van der Waals surface area contributed by atoms with Gasteiger partial charge in [-0.3, -0.25) is 4.68 Å². The molecular weight excluding hydrogens is 174 g/mol. The summed E-state index contributed by atoms with van der Waals surface area (Å²) >= 11 is 0. The minimum absolute atomic E-state index is 0.503. The molecule has 3 heteroatoms. The summed E-state index contributed by atoms with van der Waals surface area (Å²) in [5.74, 6) is 0.666. The van der Waals surface area contributed by atoms with Crippen LogP contribution in [0, 0.1) is 5.92 Å². The van der Waals surface area contributed by atoms with Crippen LogP contribution in [0.2, 0.25) is 0 Å². The standard InChI is InChI=1S/C11H19N3/c1-9(2)8-14-7-5-11(13-14)10-4-3-6-12-10/h5,7,9-10,12H,3-4,6,8H2,1-2H3. The highest BCUT2D eigenvalue weighted by Crippen LogP contribution is 2.20. The molecule has 1 aromatic heterocycles. The minimum atomic E-state index is 0.503. The summed E-state index contributed by atoms with van der Waals surface area (Å²) < 4.78 is 2.06. The maximum Gasteiger partial charge on any atom is 0.0793 e. The van der Waals surface area contributed by atoms with Gasteiger partial charge in [0.05, 0.1) is 11.7 Å². The first kappa shape index (κ1) is 9.71. The van der Waals surface area contributed by atoms with Gasteiger partial charge in [-0.25, -0.2) is 0 Å². The Morgan fingerprint density at radius 3 is 3.14 bits per heavy atom. The van der Waals surface area contributed by atoms with Gasteiger partial charge >= 0.3 is 0 Å². The first-order valence-corrected chi connectivity index (χ1v) is 5.52. The molecule has 1 aliphatic rings. The van der Waals surface area contributed by atoms with Crippen LogP contribution in [0.3, 0.4) is 0 Å². The van der Waals surface area contributed by atoms with Crippen molar-refractivity contribution in [3.63, 3.8) is 0 Å². The van der Waals surface area contributed by atoms with Crippen LogP contribution >= 0.6 is 0 Å². The fourth-order valence-corrected chi connectivity index (χ4v) is 1.98. The zero-order valence-electron chi connectivity index (χ0n) is 9.03. The lowest BCUT2D eigenvalue weighted by atomic mass is 10.2. The Morgan fingerprint density at radius 1 is 1.64 bits per heavy atom. The predicted octanol–water partition coefficient (Wildman–Crippen LogP) is 1.96. The smallest absolute Gasteiger partial charge is 0.0793 e. The molecule has 3 nitrogen and oxygen atoms in total. The van der Waals surface area contributed by atoms with Crippen molar-refractivity contribution >= 4 is 0 Å². The molecule has 1 unspecified atom stereocenters. The van der Waals surface area contributed by atoms with Crippen molar-refractivity contribution in [3.05, 3.63) is 18.0 Å². The van der Waals surface area contributed by atoms with Gasteiger partial charge in [-0.15, -0.1) is 0 Å². The summed E-state index contributed by atoms with van der Waals surface area (Å²) in [6, 6.07) is 2.65. The summed E-state index contributed by atoms with van der Waals surface area (Å²) in [4.78, 5) is 0. The normalized spacial score (nSPS) is 22.1. The largest absolute Gasteiger partial charge is 0.309 e. The molecule has 1 aliphatic heterocycles. The van der Waals surface area contributed by atoms with E-state index in [9.17, 15) is 0 Å². The first-order chi connectivity index (χ1) is 6.75. The van der Waals surface area contributed by atoms with Crippen LogP contribution in [0.5, 0.6) is 0 Å². The fourth-order valence-electron chi connectivity index (χ4n) is 1.98. The number of nitrogens with one attached hydrogen (secondary N) is 1. The summed E-state index contributed by atoms with van der Waals surface area (Å²) in [7, 11) is 0. The van der Waals surface area contributed by atoms with Gasteiger partial charge in [-0.05, 0) is 31.4 Å². The first-order valence-electron chi connectivity index (χ1n) is 5.52. The van der Waals surface area contributed by atoms with Gasteiger partial charge in [-0.2, -0.15) is 5.10 Å². The number of hydrogen-bond acceptors (Lipinski definition) is 2. The Labute approximate surface area is 85.5 Å². The van der Waals surface area contributed by atoms with Crippen molar-refractivity contribution in [1.82, 2.24) is 15.1 Å². The monoisotopic (exact) mass is 193 g/mol. The number of nitrogens with zero attached hydrogens (tertiary/aromatic N) is 2. The Bertz CT molecular complexity index is 284. The molecule has 0 spiro atoms. The number of rotatable bonds is 3. The Morgan fingerprint density at radius 2 is 2.50 bits per heavy atom. The zero-order valence-corrected chi connectivity index (χ0v) is 9.03. The fraction of sp³-hybridized carbons (Fsp3) is 0.727. The maximum absolute atomic E-state index is 4.59. The van der Waals surface area contributed by atoms with Crippen LogP contribution in [0.25, 0.3) is 0 Å². The van der Waals surface area contributed by atoms with E-state index in [1.807, 2.05) is 0 Å². The molecule has 14 heavy (non-hydrogen) atoms. The molecule has 0 aromatic carbocycles. The highest BCUT2D eigenvalue weighted by Gasteiger charge is 2.18. The van der Waals surface area contributed by atoms with E-state index in [0.29, 0.717) is 12.0 Å². The molecule has 2 heterocycles. The summed E-state index contributed by atoms with van der Waals surface area (Å²) in [5, 5.41) is 8.05. The molecule has 2 rings (SSSR count). The second-order valence-corrected chi connectivity index (χ2v) is 4.51. The van der Waals surface area contributed by atoms with Gasteiger partial charge in [-0.1, -0.05) is 13.8 Å². The molecule has 1 N–H and O–H groups in total. The molecule has 1 saturated heterocycles. The molecule has 0 amide bonds. The van der Waals surface area contributed by atoms with E-state index < -0.39 is 0 Å². The quantitative estimate of drug-likeness (QED) is 0.795. The third-order valence-electron chi connectivity index (χ3n) is 2.63. The SMILES string of the molecule is CC(C)Cn1ccc(C2CCCN2)n1. The molecule has 0 radical (unpaired) electrons. The van der Waals surface area contributed by atoms with Gasteiger partial charge in [0.25, 0.3) is 0 Å². The van der Waals surface area contributed by atoms with Crippen molar-refractivity contribution < 1.29 is 0 Å². The average Bonchev–Trinajstić information content (AvgIpc) is 2.69. The van der Waals surface area contributed by atoms with E-state index in [2.05, 4.69) is 41.2 Å². The van der Waals surface area contributed by atoms with Crippen molar-refractivity contribution in [3.8, 4) is 0 Å².